The Morgan fingerprint density at radius 3 is 2.14 bits per heavy atom. The zero-order chi connectivity index (χ0) is 15.4. The predicted octanol–water partition coefficient (Wildman–Crippen LogP) is 6.71. The minimum atomic E-state index is 0.475. The third kappa shape index (κ3) is 4.23. The highest BCUT2D eigenvalue weighted by atomic mass is 32.1. The Morgan fingerprint density at radius 1 is 0.905 bits per heavy atom. The average Bonchev–Trinajstić information content (AvgIpc) is 3.12. The van der Waals surface area contributed by atoms with E-state index in [1.807, 2.05) is 11.3 Å². The van der Waals surface area contributed by atoms with Crippen LogP contribution in [0.5, 0.6) is 0 Å². The van der Waals surface area contributed by atoms with Gasteiger partial charge < -0.3 is 4.42 Å². The van der Waals surface area contributed by atoms with Crippen molar-refractivity contribution in [3.05, 3.63) is 45.5 Å². The van der Waals surface area contributed by atoms with Gasteiger partial charge >= 0.3 is 0 Å². The van der Waals surface area contributed by atoms with Gasteiger partial charge in [-0.3, -0.25) is 0 Å². The zero-order valence-corrected chi connectivity index (χ0v) is 14.8. The van der Waals surface area contributed by atoms with Crippen molar-refractivity contribution in [3.8, 4) is 0 Å². The molecule has 0 bridgehead atoms. The standard InChI is InChI=1S/C19H28OS/c1-6-16-9-12-19(21-16)15(5)8-7-14(4)18-11-10-17(20-18)13(2)3/h9-15H,6-8H2,1-5H3. The maximum absolute atomic E-state index is 5.97. The molecule has 2 aromatic rings. The van der Waals surface area contributed by atoms with Gasteiger partial charge in [-0.05, 0) is 49.4 Å². The molecular formula is C19H28OS. The van der Waals surface area contributed by atoms with Gasteiger partial charge in [0.1, 0.15) is 11.5 Å². The Labute approximate surface area is 133 Å². The molecular weight excluding hydrogens is 276 g/mol. The molecule has 2 heterocycles. The normalized spacial score (nSPS) is 14.6. The maximum atomic E-state index is 5.97. The van der Waals surface area contributed by atoms with Crippen molar-refractivity contribution in [1.29, 1.82) is 0 Å². The molecule has 0 saturated heterocycles. The first-order valence-electron chi connectivity index (χ1n) is 8.19. The molecule has 2 aromatic heterocycles. The van der Waals surface area contributed by atoms with Gasteiger partial charge in [0.05, 0.1) is 0 Å². The summed E-state index contributed by atoms with van der Waals surface area (Å²) in [5.41, 5.74) is 0. The molecule has 21 heavy (non-hydrogen) atoms. The molecule has 2 heteroatoms. The molecule has 1 nitrogen and oxygen atoms in total. The summed E-state index contributed by atoms with van der Waals surface area (Å²) in [4.78, 5) is 3.03. The summed E-state index contributed by atoms with van der Waals surface area (Å²) in [6.45, 7) is 11.2. The molecule has 2 rings (SSSR count). The SMILES string of the molecule is CCc1ccc(C(C)CCC(C)c2ccc(C(C)C)o2)s1. The van der Waals surface area contributed by atoms with Crippen molar-refractivity contribution in [2.75, 3.05) is 0 Å². The van der Waals surface area contributed by atoms with E-state index in [4.69, 9.17) is 4.42 Å². The van der Waals surface area contributed by atoms with Crippen molar-refractivity contribution in [3.63, 3.8) is 0 Å². The van der Waals surface area contributed by atoms with Crippen molar-refractivity contribution < 1.29 is 4.42 Å². The Balaban J connectivity index is 1.89. The van der Waals surface area contributed by atoms with Crippen molar-refractivity contribution >= 4 is 11.3 Å². The average molecular weight is 304 g/mol. The van der Waals surface area contributed by atoms with Crippen LogP contribution in [0, 0.1) is 0 Å². The van der Waals surface area contributed by atoms with Crippen LogP contribution in [-0.2, 0) is 6.42 Å². The van der Waals surface area contributed by atoms with Crippen LogP contribution in [0.25, 0.3) is 0 Å². The fourth-order valence-corrected chi connectivity index (χ4v) is 3.62. The lowest BCUT2D eigenvalue weighted by atomic mass is 9.95. The summed E-state index contributed by atoms with van der Waals surface area (Å²) >= 11 is 1.97. The maximum Gasteiger partial charge on any atom is 0.106 e. The topological polar surface area (TPSA) is 13.1 Å². The van der Waals surface area contributed by atoms with Crippen LogP contribution >= 0.6 is 11.3 Å². The summed E-state index contributed by atoms with van der Waals surface area (Å²) in [6.07, 6.45) is 3.56. The quantitative estimate of drug-likeness (QED) is 0.553. The van der Waals surface area contributed by atoms with Crippen molar-refractivity contribution in [2.24, 2.45) is 0 Å². The molecule has 0 radical (unpaired) electrons. The van der Waals surface area contributed by atoms with Gasteiger partial charge in [-0.2, -0.15) is 0 Å². The van der Waals surface area contributed by atoms with Crippen LogP contribution in [0.4, 0.5) is 0 Å². The summed E-state index contributed by atoms with van der Waals surface area (Å²) < 4.78 is 5.97. The number of hydrogen-bond donors (Lipinski definition) is 0. The van der Waals surface area contributed by atoms with E-state index in [0.717, 1.165) is 17.9 Å². The Morgan fingerprint density at radius 2 is 1.57 bits per heavy atom. The molecule has 2 atom stereocenters. The highest BCUT2D eigenvalue weighted by Crippen LogP contribution is 2.32. The Hall–Kier alpha value is -1.02. The molecule has 2 unspecified atom stereocenters. The van der Waals surface area contributed by atoms with E-state index >= 15 is 0 Å². The molecule has 116 valence electrons. The molecule has 0 spiro atoms. The second-order valence-corrected chi connectivity index (χ2v) is 7.63. The molecule has 0 aliphatic rings. The van der Waals surface area contributed by atoms with E-state index in [1.165, 1.54) is 22.6 Å². The summed E-state index contributed by atoms with van der Waals surface area (Å²) in [6, 6.07) is 8.88. The summed E-state index contributed by atoms with van der Waals surface area (Å²) in [5, 5.41) is 0. The minimum Gasteiger partial charge on any atom is -0.466 e. The van der Waals surface area contributed by atoms with E-state index in [-0.39, 0.29) is 0 Å². The van der Waals surface area contributed by atoms with E-state index < -0.39 is 0 Å². The summed E-state index contributed by atoms with van der Waals surface area (Å²) in [7, 11) is 0. The van der Waals surface area contributed by atoms with Gasteiger partial charge in [0, 0.05) is 21.6 Å². The predicted molar refractivity (Wildman–Crippen MR) is 92.6 cm³/mol. The molecule has 0 aliphatic heterocycles. The van der Waals surface area contributed by atoms with Gasteiger partial charge in [0.15, 0.2) is 0 Å². The lowest BCUT2D eigenvalue weighted by molar-refractivity contribution is 0.409. The second-order valence-electron chi connectivity index (χ2n) is 6.43. The number of furan rings is 1. The first-order chi connectivity index (χ1) is 10.0. The van der Waals surface area contributed by atoms with Crippen molar-refractivity contribution in [1.82, 2.24) is 0 Å². The minimum absolute atomic E-state index is 0.475. The molecule has 0 fully saturated rings. The number of rotatable bonds is 7. The Bertz CT molecular complexity index is 549. The van der Waals surface area contributed by atoms with Gasteiger partial charge in [0.2, 0.25) is 0 Å². The van der Waals surface area contributed by atoms with E-state index in [1.54, 1.807) is 0 Å². The fourth-order valence-electron chi connectivity index (χ4n) is 2.58. The molecule has 0 aliphatic carbocycles. The van der Waals surface area contributed by atoms with Crippen molar-refractivity contribution in [2.45, 2.75) is 71.6 Å². The molecule has 0 N–H and O–H groups in total. The van der Waals surface area contributed by atoms with Gasteiger partial charge in [-0.1, -0.05) is 34.6 Å². The number of thiophene rings is 1. The third-order valence-corrected chi connectivity index (χ3v) is 5.71. The smallest absolute Gasteiger partial charge is 0.106 e. The first-order valence-corrected chi connectivity index (χ1v) is 9.01. The lowest BCUT2D eigenvalue weighted by Gasteiger charge is -2.13. The number of aryl methyl sites for hydroxylation is 1. The highest BCUT2D eigenvalue weighted by molar-refractivity contribution is 7.12. The van der Waals surface area contributed by atoms with Crippen LogP contribution < -0.4 is 0 Å². The van der Waals surface area contributed by atoms with E-state index in [2.05, 4.69) is 58.9 Å². The molecule has 0 saturated carbocycles. The molecule has 0 amide bonds. The second kappa shape index (κ2) is 7.31. The van der Waals surface area contributed by atoms with Gasteiger partial charge in [-0.25, -0.2) is 0 Å². The number of hydrogen-bond acceptors (Lipinski definition) is 2. The van der Waals surface area contributed by atoms with E-state index in [9.17, 15) is 0 Å². The van der Waals surface area contributed by atoms with Crippen LogP contribution in [-0.4, -0.2) is 0 Å². The van der Waals surface area contributed by atoms with Gasteiger partial charge in [0.25, 0.3) is 0 Å². The van der Waals surface area contributed by atoms with Crippen LogP contribution in [0.2, 0.25) is 0 Å². The first kappa shape index (κ1) is 16.4. The van der Waals surface area contributed by atoms with Gasteiger partial charge in [-0.15, -0.1) is 11.3 Å². The summed E-state index contributed by atoms with van der Waals surface area (Å²) in [5.74, 6) is 3.88. The highest BCUT2D eigenvalue weighted by Gasteiger charge is 2.15. The monoisotopic (exact) mass is 304 g/mol. The van der Waals surface area contributed by atoms with Crippen LogP contribution in [0.1, 0.15) is 86.5 Å². The van der Waals surface area contributed by atoms with Crippen LogP contribution in [0.15, 0.2) is 28.7 Å². The van der Waals surface area contributed by atoms with Crippen LogP contribution in [0.3, 0.4) is 0 Å². The fraction of sp³-hybridized carbons (Fsp3) is 0.579. The lowest BCUT2D eigenvalue weighted by Crippen LogP contribution is -1.96. The zero-order valence-electron chi connectivity index (χ0n) is 14.0. The molecule has 0 aromatic carbocycles. The largest absolute Gasteiger partial charge is 0.466 e. The van der Waals surface area contributed by atoms with E-state index in [0.29, 0.717) is 17.8 Å². The third-order valence-electron chi connectivity index (χ3n) is 4.25. The Kier molecular flexibility index (Phi) is 5.69.